The minimum Gasteiger partial charge on any atom is -0.468 e. The van der Waals surface area contributed by atoms with Gasteiger partial charge in [-0.15, -0.1) is 0 Å². The van der Waals surface area contributed by atoms with Gasteiger partial charge in [-0.1, -0.05) is 64.5 Å². The van der Waals surface area contributed by atoms with Crippen LogP contribution in [0, 0.1) is 0 Å². The third kappa shape index (κ3) is 2.30. The number of hydrogen-bond donors (Lipinski definition) is 0. The van der Waals surface area contributed by atoms with Gasteiger partial charge in [-0.05, 0) is 28.1 Å². The summed E-state index contributed by atoms with van der Waals surface area (Å²) in [6.07, 6.45) is 0. The third-order valence-electron chi connectivity index (χ3n) is 3.27. The first-order chi connectivity index (χ1) is 9.33. The summed E-state index contributed by atoms with van der Waals surface area (Å²) in [5, 5.41) is 0. The third-order valence-corrected chi connectivity index (χ3v) is 3.27. The first kappa shape index (κ1) is 13.8. The van der Waals surface area contributed by atoms with Crippen LogP contribution in [-0.2, 0) is 9.53 Å². The van der Waals surface area contributed by atoms with Crippen LogP contribution in [0.4, 0.5) is 0 Å². The Kier molecular flexibility index (Phi) is 4.38. The fourth-order valence-corrected chi connectivity index (χ4v) is 2.53. The molecule has 0 atom stereocenters. The van der Waals surface area contributed by atoms with Crippen molar-refractivity contribution in [1.82, 2.24) is 0 Å². The summed E-state index contributed by atoms with van der Waals surface area (Å²) in [4.78, 5) is 11.9. The van der Waals surface area contributed by atoms with Crippen molar-refractivity contribution in [3.8, 4) is 11.1 Å². The zero-order valence-electron chi connectivity index (χ0n) is 10.9. The maximum absolute atomic E-state index is 11.9. The lowest BCUT2D eigenvalue weighted by Crippen LogP contribution is -2.12. The number of hydrogen-bond acceptors (Lipinski definition) is 2. The minimum atomic E-state index is -0.271. The topological polar surface area (TPSA) is 26.3 Å². The summed E-state index contributed by atoms with van der Waals surface area (Å²) >= 11 is 2.94. The Bertz CT molecular complexity index is 547. The zero-order chi connectivity index (χ0) is 13.8. The van der Waals surface area contributed by atoms with Gasteiger partial charge >= 0.3 is 5.97 Å². The molecule has 3 rings (SSSR count). The molecular formula is C16H15BrO2. The van der Waals surface area contributed by atoms with E-state index in [1.165, 1.54) is 7.11 Å². The van der Waals surface area contributed by atoms with Gasteiger partial charge in [-0.2, -0.15) is 0 Å². The monoisotopic (exact) mass is 318 g/mol. The molecule has 0 radical (unpaired) electrons. The van der Waals surface area contributed by atoms with E-state index in [0.717, 1.165) is 22.3 Å². The van der Waals surface area contributed by atoms with Crippen LogP contribution in [0.25, 0.3) is 11.1 Å². The molecule has 1 aliphatic carbocycles. The van der Waals surface area contributed by atoms with E-state index in [1.54, 1.807) is 0 Å². The largest absolute Gasteiger partial charge is 0.468 e. The average molecular weight is 319 g/mol. The molecule has 0 N–H and O–H groups in total. The zero-order valence-corrected chi connectivity index (χ0v) is 12.5. The number of rotatable bonds is 1. The van der Waals surface area contributed by atoms with E-state index in [4.69, 9.17) is 4.74 Å². The smallest absolute Gasteiger partial charge is 0.317 e. The Balaban J connectivity index is 0.000000637. The molecule has 0 saturated heterocycles. The van der Waals surface area contributed by atoms with Crippen molar-refractivity contribution in [3.05, 3.63) is 59.7 Å². The van der Waals surface area contributed by atoms with Crippen molar-refractivity contribution in [2.45, 2.75) is 5.92 Å². The lowest BCUT2D eigenvalue weighted by molar-refractivity contribution is -0.141. The van der Waals surface area contributed by atoms with Gasteiger partial charge in [-0.3, -0.25) is 4.79 Å². The highest BCUT2D eigenvalue weighted by Gasteiger charge is 2.33. The first-order valence-electron chi connectivity index (χ1n) is 5.97. The van der Waals surface area contributed by atoms with Crippen LogP contribution in [0.15, 0.2) is 48.5 Å². The van der Waals surface area contributed by atoms with Crippen molar-refractivity contribution in [2.24, 2.45) is 0 Å². The van der Waals surface area contributed by atoms with Gasteiger partial charge in [0.25, 0.3) is 0 Å². The van der Waals surface area contributed by atoms with Crippen LogP contribution in [0.3, 0.4) is 0 Å². The molecule has 3 heteroatoms. The molecule has 2 nitrogen and oxygen atoms in total. The highest BCUT2D eigenvalue weighted by Crippen LogP contribution is 2.44. The van der Waals surface area contributed by atoms with E-state index in [-0.39, 0.29) is 11.9 Å². The van der Waals surface area contributed by atoms with Crippen molar-refractivity contribution < 1.29 is 9.53 Å². The summed E-state index contributed by atoms with van der Waals surface area (Å²) in [7, 11) is 1.44. The maximum Gasteiger partial charge on any atom is 0.317 e. The van der Waals surface area contributed by atoms with Crippen LogP contribution >= 0.6 is 15.9 Å². The number of methoxy groups -OCH3 is 1. The summed E-state index contributed by atoms with van der Waals surface area (Å²) in [5.74, 6) is 1.35. The van der Waals surface area contributed by atoms with Crippen LogP contribution < -0.4 is 0 Å². The fraction of sp³-hybridized carbons (Fsp3) is 0.188. The Hall–Kier alpha value is -1.61. The van der Waals surface area contributed by atoms with Gasteiger partial charge in [0.2, 0.25) is 0 Å². The number of carbonyl (C=O) groups is 1. The lowest BCUT2D eigenvalue weighted by atomic mass is 9.97. The Morgan fingerprint density at radius 2 is 1.37 bits per heavy atom. The van der Waals surface area contributed by atoms with Crippen LogP contribution in [-0.4, -0.2) is 18.9 Å². The van der Waals surface area contributed by atoms with Gasteiger partial charge in [0.1, 0.15) is 5.92 Å². The molecule has 0 unspecified atom stereocenters. The Labute approximate surface area is 121 Å². The number of alkyl halides is 1. The quantitative estimate of drug-likeness (QED) is 0.587. The maximum atomic E-state index is 11.9. The highest BCUT2D eigenvalue weighted by molar-refractivity contribution is 9.08. The summed E-state index contributed by atoms with van der Waals surface area (Å²) in [5.41, 5.74) is 4.36. The SMILES string of the molecule is CBr.COC(=O)C1c2ccccc2-c2ccccc21. The molecule has 0 fully saturated rings. The molecule has 2 aromatic rings. The predicted octanol–water partition coefficient (Wildman–Crippen LogP) is 3.98. The van der Waals surface area contributed by atoms with Crippen LogP contribution in [0.1, 0.15) is 17.0 Å². The molecular weight excluding hydrogens is 304 g/mol. The number of esters is 1. The van der Waals surface area contributed by atoms with E-state index >= 15 is 0 Å². The van der Waals surface area contributed by atoms with Crippen molar-refractivity contribution in [3.63, 3.8) is 0 Å². The number of ether oxygens (including phenoxy) is 1. The van der Waals surface area contributed by atoms with Gasteiger partial charge in [0, 0.05) is 0 Å². The molecule has 98 valence electrons. The second kappa shape index (κ2) is 6.02. The molecule has 0 aromatic heterocycles. The average Bonchev–Trinajstić information content (AvgIpc) is 2.83. The first-order valence-corrected chi connectivity index (χ1v) is 7.55. The molecule has 0 spiro atoms. The standard InChI is InChI=1S/C15H12O2.CH3Br/c1-17-15(16)14-12-8-4-2-6-10(12)11-7-3-5-9-13(11)14;1-2/h2-9,14H,1H3;1H3. The van der Waals surface area contributed by atoms with E-state index in [0.29, 0.717) is 0 Å². The molecule has 0 heterocycles. The predicted molar refractivity (Wildman–Crippen MR) is 80.6 cm³/mol. The Morgan fingerprint density at radius 3 is 1.79 bits per heavy atom. The number of carbonyl (C=O) groups excluding carboxylic acids is 1. The lowest BCUT2D eigenvalue weighted by Gasteiger charge is -2.10. The number of halogens is 1. The summed E-state index contributed by atoms with van der Waals surface area (Å²) < 4.78 is 4.91. The number of fused-ring (bicyclic) bond motifs is 3. The molecule has 0 bridgehead atoms. The van der Waals surface area contributed by atoms with Crippen molar-refractivity contribution in [2.75, 3.05) is 12.9 Å². The van der Waals surface area contributed by atoms with E-state index < -0.39 is 0 Å². The molecule has 0 aliphatic heterocycles. The van der Waals surface area contributed by atoms with Crippen LogP contribution in [0.5, 0.6) is 0 Å². The van der Waals surface area contributed by atoms with Crippen LogP contribution in [0.2, 0.25) is 0 Å². The van der Waals surface area contributed by atoms with Gasteiger partial charge < -0.3 is 4.74 Å². The second-order valence-electron chi connectivity index (χ2n) is 4.13. The normalized spacial score (nSPS) is 11.9. The van der Waals surface area contributed by atoms with Gasteiger partial charge in [0.15, 0.2) is 0 Å². The molecule has 2 aromatic carbocycles. The molecule has 0 saturated carbocycles. The summed E-state index contributed by atoms with van der Waals surface area (Å²) in [6.45, 7) is 0. The minimum absolute atomic E-state index is 0.192. The fourth-order valence-electron chi connectivity index (χ4n) is 2.53. The van der Waals surface area contributed by atoms with Gasteiger partial charge in [0.05, 0.1) is 7.11 Å². The molecule has 0 amide bonds. The van der Waals surface area contributed by atoms with Crippen molar-refractivity contribution >= 4 is 21.9 Å². The van der Waals surface area contributed by atoms with Crippen molar-refractivity contribution in [1.29, 1.82) is 0 Å². The van der Waals surface area contributed by atoms with E-state index in [1.807, 2.05) is 42.2 Å². The summed E-state index contributed by atoms with van der Waals surface area (Å²) in [6, 6.07) is 16.0. The highest BCUT2D eigenvalue weighted by atomic mass is 79.9. The molecule has 19 heavy (non-hydrogen) atoms. The Morgan fingerprint density at radius 1 is 0.947 bits per heavy atom. The van der Waals surface area contributed by atoms with E-state index in [9.17, 15) is 4.79 Å². The van der Waals surface area contributed by atoms with Gasteiger partial charge in [-0.25, -0.2) is 0 Å². The second-order valence-corrected chi connectivity index (χ2v) is 4.13. The van der Waals surface area contributed by atoms with E-state index in [2.05, 4.69) is 28.1 Å². The molecule has 1 aliphatic rings. The number of benzene rings is 2.